The van der Waals surface area contributed by atoms with Crippen molar-refractivity contribution in [3.63, 3.8) is 0 Å². The maximum Gasteiger partial charge on any atom is 0.143 e. The van der Waals surface area contributed by atoms with E-state index in [4.69, 9.17) is 0 Å². The van der Waals surface area contributed by atoms with Gasteiger partial charge < -0.3 is 10.2 Å². The van der Waals surface area contributed by atoms with Gasteiger partial charge in [0.15, 0.2) is 0 Å². The van der Waals surface area contributed by atoms with Crippen molar-refractivity contribution in [3.05, 3.63) is 12.7 Å². The molecule has 0 heterocycles. The fraction of sp³-hybridized carbons (Fsp3) is 0.850. The van der Waals surface area contributed by atoms with Crippen molar-refractivity contribution in [2.45, 2.75) is 77.9 Å². The highest BCUT2D eigenvalue weighted by Crippen LogP contribution is 2.65. The van der Waals surface area contributed by atoms with Crippen LogP contribution in [0.25, 0.3) is 0 Å². The summed E-state index contributed by atoms with van der Waals surface area (Å²) in [5.74, 6) is 0.647. The number of Topliss-reactive ketones (excluding diaryl/α,β-unsaturated/α-hetero) is 1. The van der Waals surface area contributed by atoms with Crippen LogP contribution >= 0.6 is 0 Å². The molecule has 3 heteroatoms. The van der Waals surface area contributed by atoms with Crippen molar-refractivity contribution in [1.82, 2.24) is 0 Å². The van der Waals surface area contributed by atoms with Gasteiger partial charge in [-0.2, -0.15) is 0 Å². The average Bonchev–Trinajstić information content (AvgIpc) is 2.44. The van der Waals surface area contributed by atoms with Gasteiger partial charge in [0.1, 0.15) is 5.78 Å². The fourth-order valence-corrected chi connectivity index (χ4v) is 6.10. The molecule has 130 valence electrons. The molecule has 3 rings (SSSR count). The first-order chi connectivity index (χ1) is 10.5. The van der Waals surface area contributed by atoms with Gasteiger partial charge in [-0.1, -0.05) is 26.8 Å². The van der Waals surface area contributed by atoms with Crippen molar-refractivity contribution in [1.29, 1.82) is 0 Å². The number of fused-ring (bicyclic) bond motifs is 3. The number of hydrogen-bond donors (Lipinski definition) is 2. The summed E-state index contributed by atoms with van der Waals surface area (Å²) in [6.07, 6.45) is 5.75. The molecule has 3 fully saturated rings. The zero-order valence-electron chi connectivity index (χ0n) is 15.1. The van der Waals surface area contributed by atoms with Crippen LogP contribution in [0.4, 0.5) is 0 Å². The Morgan fingerprint density at radius 3 is 2.48 bits per heavy atom. The molecule has 0 spiro atoms. The van der Waals surface area contributed by atoms with Gasteiger partial charge in [-0.25, -0.2) is 0 Å². The number of ketones is 1. The number of carbonyl (C=O) groups is 1. The van der Waals surface area contributed by atoms with Crippen LogP contribution < -0.4 is 0 Å². The van der Waals surface area contributed by atoms with E-state index in [1.807, 2.05) is 13.0 Å². The molecule has 3 nitrogen and oxygen atoms in total. The van der Waals surface area contributed by atoms with E-state index in [9.17, 15) is 15.0 Å². The molecule has 23 heavy (non-hydrogen) atoms. The highest BCUT2D eigenvalue weighted by atomic mass is 16.3. The number of hydrogen-bond acceptors (Lipinski definition) is 3. The van der Waals surface area contributed by atoms with E-state index in [2.05, 4.69) is 27.4 Å². The van der Waals surface area contributed by atoms with Crippen LogP contribution in [0.5, 0.6) is 0 Å². The van der Waals surface area contributed by atoms with Gasteiger partial charge in [0.05, 0.1) is 11.7 Å². The first kappa shape index (κ1) is 17.2. The molecular weight excluding hydrogens is 288 g/mol. The zero-order chi connectivity index (χ0) is 17.3. The predicted octanol–water partition coefficient (Wildman–Crippen LogP) is 3.49. The molecule has 3 aliphatic carbocycles. The van der Waals surface area contributed by atoms with Crippen LogP contribution in [0.2, 0.25) is 0 Å². The molecule has 0 radical (unpaired) electrons. The van der Waals surface area contributed by atoms with Gasteiger partial charge in [0.25, 0.3) is 0 Å². The van der Waals surface area contributed by atoms with Crippen LogP contribution in [0, 0.1) is 28.1 Å². The van der Waals surface area contributed by atoms with Crippen molar-refractivity contribution in [2.24, 2.45) is 28.1 Å². The molecule has 0 aliphatic heterocycles. The lowest BCUT2D eigenvalue weighted by Gasteiger charge is -2.65. The number of rotatable bonds is 1. The van der Waals surface area contributed by atoms with Gasteiger partial charge in [0, 0.05) is 11.8 Å². The molecular formula is C20H32O3. The lowest BCUT2D eigenvalue weighted by Crippen LogP contribution is -2.66. The van der Waals surface area contributed by atoms with E-state index < -0.39 is 11.0 Å². The van der Waals surface area contributed by atoms with E-state index >= 15 is 0 Å². The van der Waals surface area contributed by atoms with Crippen molar-refractivity contribution >= 4 is 5.78 Å². The molecule has 6 atom stereocenters. The van der Waals surface area contributed by atoms with Crippen LogP contribution in [0.1, 0.15) is 66.2 Å². The summed E-state index contributed by atoms with van der Waals surface area (Å²) >= 11 is 0. The van der Waals surface area contributed by atoms with Gasteiger partial charge in [-0.15, -0.1) is 6.58 Å². The smallest absolute Gasteiger partial charge is 0.143 e. The van der Waals surface area contributed by atoms with Crippen molar-refractivity contribution < 1.29 is 15.0 Å². The van der Waals surface area contributed by atoms with Gasteiger partial charge in [-0.05, 0) is 61.7 Å². The number of aliphatic hydroxyl groups excluding tert-OH is 1. The zero-order valence-corrected chi connectivity index (χ0v) is 15.1. The fourth-order valence-electron chi connectivity index (χ4n) is 6.10. The standard InChI is InChI=1S/C20H32O3/c1-6-18(4)10-13-7-8-20(23)15(19(13,5)12-16(18)22)9-14(21)11-17(20,2)3/h6,13-15,21,23H,1,7-12H2,2-5H3. The molecule has 6 unspecified atom stereocenters. The molecule has 0 aromatic heterocycles. The lowest BCUT2D eigenvalue weighted by atomic mass is 9.41. The number of carbonyl (C=O) groups excluding carboxylic acids is 1. The Labute approximate surface area is 140 Å². The van der Waals surface area contributed by atoms with Crippen LogP contribution in [-0.4, -0.2) is 27.7 Å². The second-order valence-corrected chi connectivity index (χ2v) is 9.62. The minimum Gasteiger partial charge on any atom is -0.393 e. The minimum atomic E-state index is -0.778. The molecule has 0 bridgehead atoms. The lowest BCUT2D eigenvalue weighted by molar-refractivity contribution is -0.238. The van der Waals surface area contributed by atoms with Crippen molar-refractivity contribution in [2.75, 3.05) is 0 Å². The first-order valence-electron chi connectivity index (χ1n) is 9.06. The molecule has 3 aliphatic rings. The number of allylic oxidation sites excluding steroid dienone is 1. The topological polar surface area (TPSA) is 57.5 Å². The van der Waals surface area contributed by atoms with Gasteiger partial charge in [0.2, 0.25) is 0 Å². The third-order valence-electron chi connectivity index (χ3n) is 7.90. The predicted molar refractivity (Wildman–Crippen MR) is 90.8 cm³/mol. The van der Waals surface area contributed by atoms with Crippen LogP contribution in [0.3, 0.4) is 0 Å². The average molecular weight is 320 g/mol. The Morgan fingerprint density at radius 1 is 1.22 bits per heavy atom. The minimum absolute atomic E-state index is 0.00850. The summed E-state index contributed by atoms with van der Waals surface area (Å²) in [7, 11) is 0. The Balaban J connectivity index is 2.02. The summed E-state index contributed by atoms with van der Waals surface area (Å²) in [6.45, 7) is 12.2. The van der Waals surface area contributed by atoms with E-state index in [1.165, 1.54) is 0 Å². The Kier molecular flexibility index (Phi) is 3.67. The summed E-state index contributed by atoms with van der Waals surface area (Å²) in [5, 5.41) is 22.0. The second-order valence-electron chi connectivity index (χ2n) is 9.62. The van der Waals surface area contributed by atoms with Gasteiger partial charge >= 0.3 is 0 Å². The molecule has 0 aromatic carbocycles. The quantitative estimate of drug-likeness (QED) is 0.727. The summed E-state index contributed by atoms with van der Waals surface area (Å²) in [4.78, 5) is 12.8. The molecule has 2 N–H and O–H groups in total. The van der Waals surface area contributed by atoms with E-state index in [1.54, 1.807) is 0 Å². The summed E-state index contributed by atoms with van der Waals surface area (Å²) in [6, 6.07) is 0. The van der Waals surface area contributed by atoms with Gasteiger partial charge in [-0.3, -0.25) is 4.79 Å². The van der Waals surface area contributed by atoms with E-state index in [-0.39, 0.29) is 28.6 Å². The third-order valence-corrected chi connectivity index (χ3v) is 7.90. The summed E-state index contributed by atoms with van der Waals surface area (Å²) in [5.41, 5.74) is -1.74. The van der Waals surface area contributed by atoms with Crippen LogP contribution in [0.15, 0.2) is 12.7 Å². The third kappa shape index (κ3) is 2.19. The largest absolute Gasteiger partial charge is 0.393 e. The molecule has 0 aromatic rings. The van der Waals surface area contributed by atoms with E-state index in [0.717, 1.165) is 19.3 Å². The molecule has 0 saturated heterocycles. The highest BCUT2D eigenvalue weighted by Gasteiger charge is 2.65. The molecule has 0 amide bonds. The monoisotopic (exact) mass is 320 g/mol. The van der Waals surface area contributed by atoms with E-state index in [0.29, 0.717) is 25.2 Å². The highest BCUT2D eigenvalue weighted by molar-refractivity contribution is 5.87. The normalized spacial score (nSPS) is 52.4. The van der Waals surface area contributed by atoms with Crippen molar-refractivity contribution in [3.8, 4) is 0 Å². The Hall–Kier alpha value is -0.670. The van der Waals surface area contributed by atoms with Crippen LogP contribution in [-0.2, 0) is 4.79 Å². The second kappa shape index (κ2) is 4.92. The molecule has 3 saturated carbocycles. The maximum atomic E-state index is 12.8. The Morgan fingerprint density at radius 2 is 1.87 bits per heavy atom. The Bertz CT molecular complexity index is 539. The summed E-state index contributed by atoms with van der Waals surface area (Å²) < 4.78 is 0. The number of aliphatic hydroxyl groups is 2. The maximum absolute atomic E-state index is 12.8. The SMILES string of the molecule is C=CC1(C)CC2CCC3(O)C(CC(O)CC3(C)C)C2(C)CC1=O. The first-order valence-corrected chi connectivity index (χ1v) is 9.06.